The van der Waals surface area contributed by atoms with E-state index in [1.54, 1.807) is 14.2 Å². The predicted octanol–water partition coefficient (Wildman–Crippen LogP) is 1.77. The first-order chi connectivity index (χ1) is 7.31. The van der Waals surface area contributed by atoms with Gasteiger partial charge >= 0.3 is 0 Å². The van der Waals surface area contributed by atoms with Gasteiger partial charge in [-0.25, -0.2) is 0 Å². The summed E-state index contributed by atoms with van der Waals surface area (Å²) in [4.78, 5) is 0. The number of aliphatic hydroxyl groups excluding tert-OH is 1. The molecule has 0 spiro atoms. The van der Waals surface area contributed by atoms with Crippen LogP contribution < -0.4 is 4.74 Å². The standard InChI is InChI=1S/C12H18O3/c1-14-9-11-8-12(15-2)6-5-10(11)4-3-7-13/h5-6,8,13H,3-4,7,9H2,1-2H3. The van der Waals surface area contributed by atoms with Gasteiger partial charge in [0.25, 0.3) is 0 Å². The number of benzene rings is 1. The Morgan fingerprint density at radius 3 is 2.60 bits per heavy atom. The van der Waals surface area contributed by atoms with Gasteiger partial charge < -0.3 is 14.6 Å². The quantitative estimate of drug-likeness (QED) is 0.777. The van der Waals surface area contributed by atoms with Crippen LogP contribution in [0.2, 0.25) is 0 Å². The number of rotatable bonds is 6. The highest BCUT2D eigenvalue weighted by atomic mass is 16.5. The molecular formula is C12H18O3. The fraction of sp³-hybridized carbons (Fsp3) is 0.500. The molecule has 0 aliphatic rings. The Hall–Kier alpha value is -1.06. The zero-order valence-corrected chi connectivity index (χ0v) is 9.32. The van der Waals surface area contributed by atoms with Gasteiger partial charge in [-0.05, 0) is 36.1 Å². The highest BCUT2D eigenvalue weighted by Crippen LogP contribution is 2.19. The lowest BCUT2D eigenvalue weighted by Crippen LogP contribution is -1.98. The normalized spacial score (nSPS) is 10.3. The van der Waals surface area contributed by atoms with Crippen molar-refractivity contribution in [1.82, 2.24) is 0 Å². The summed E-state index contributed by atoms with van der Waals surface area (Å²) >= 11 is 0. The molecule has 84 valence electrons. The van der Waals surface area contributed by atoms with Crippen LogP contribution in [0.5, 0.6) is 5.75 Å². The number of ether oxygens (including phenoxy) is 2. The van der Waals surface area contributed by atoms with E-state index < -0.39 is 0 Å². The second-order valence-electron chi connectivity index (χ2n) is 3.39. The summed E-state index contributed by atoms with van der Waals surface area (Å²) in [7, 11) is 3.33. The Labute approximate surface area is 90.6 Å². The summed E-state index contributed by atoms with van der Waals surface area (Å²) in [6.45, 7) is 0.802. The van der Waals surface area contributed by atoms with Crippen LogP contribution in [0.25, 0.3) is 0 Å². The van der Waals surface area contributed by atoms with Crippen LogP contribution in [0.1, 0.15) is 17.5 Å². The lowest BCUT2D eigenvalue weighted by molar-refractivity contribution is 0.183. The van der Waals surface area contributed by atoms with Gasteiger partial charge in [0.1, 0.15) is 5.75 Å². The van der Waals surface area contributed by atoms with Crippen molar-refractivity contribution in [3.63, 3.8) is 0 Å². The molecule has 0 aromatic heterocycles. The third kappa shape index (κ3) is 3.53. The van der Waals surface area contributed by atoms with E-state index in [9.17, 15) is 0 Å². The second kappa shape index (κ2) is 6.43. The van der Waals surface area contributed by atoms with E-state index in [4.69, 9.17) is 14.6 Å². The molecule has 0 amide bonds. The first-order valence-corrected chi connectivity index (χ1v) is 5.07. The van der Waals surface area contributed by atoms with Crippen molar-refractivity contribution in [2.75, 3.05) is 20.8 Å². The van der Waals surface area contributed by atoms with Gasteiger partial charge in [-0.2, -0.15) is 0 Å². The van der Waals surface area contributed by atoms with Crippen molar-refractivity contribution < 1.29 is 14.6 Å². The van der Waals surface area contributed by atoms with Crippen LogP contribution in [0, 0.1) is 0 Å². The average Bonchev–Trinajstić information content (AvgIpc) is 2.27. The molecule has 0 radical (unpaired) electrons. The molecule has 0 saturated carbocycles. The molecular weight excluding hydrogens is 192 g/mol. The van der Waals surface area contributed by atoms with Crippen LogP contribution in [-0.2, 0) is 17.8 Å². The number of methoxy groups -OCH3 is 2. The molecule has 1 aromatic rings. The summed E-state index contributed by atoms with van der Waals surface area (Å²) < 4.78 is 10.3. The van der Waals surface area contributed by atoms with E-state index >= 15 is 0 Å². The molecule has 0 atom stereocenters. The first-order valence-electron chi connectivity index (χ1n) is 5.07. The van der Waals surface area contributed by atoms with E-state index in [2.05, 4.69) is 0 Å². The molecule has 0 saturated heterocycles. The van der Waals surface area contributed by atoms with Gasteiger partial charge in [-0.15, -0.1) is 0 Å². The van der Waals surface area contributed by atoms with Crippen molar-refractivity contribution in [3.8, 4) is 5.75 Å². The Bertz CT molecular complexity index is 297. The molecule has 0 bridgehead atoms. The van der Waals surface area contributed by atoms with E-state index in [0.717, 1.165) is 24.2 Å². The number of hydrogen-bond acceptors (Lipinski definition) is 3. The Kier molecular flexibility index (Phi) is 5.15. The lowest BCUT2D eigenvalue weighted by Gasteiger charge is -2.10. The van der Waals surface area contributed by atoms with Crippen molar-refractivity contribution in [2.24, 2.45) is 0 Å². The van der Waals surface area contributed by atoms with Crippen LogP contribution in [0.15, 0.2) is 18.2 Å². The minimum Gasteiger partial charge on any atom is -0.497 e. The molecule has 0 unspecified atom stereocenters. The van der Waals surface area contributed by atoms with Gasteiger partial charge in [-0.3, -0.25) is 0 Å². The van der Waals surface area contributed by atoms with E-state index in [0.29, 0.717) is 6.61 Å². The van der Waals surface area contributed by atoms with E-state index in [-0.39, 0.29) is 6.61 Å². The molecule has 1 rings (SSSR count). The fourth-order valence-corrected chi connectivity index (χ4v) is 1.53. The molecule has 3 heteroatoms. The van der Waals surface area contributed by atoms with Crippen molar-refractivity contribution in [1.29, 1.82) is 0 Å². The largest absolute Gasteiger partial charge is 0.497 e. The van der Waals surface area contributed by atoms with Gasteiger partial charge in [0.05, 0.1) is 13.7 Å². The van der Waals surface area contributed by atoms with Crippen LogP contribution in [0.3, 0.4) is 0 Å². The van der Waals surface area contributed by atoms with Gasteiger partial charge in [0, 0.05) is 13.7 Å². The van der Waals surface area contributed by atoms with Crippen LogP contribution in [-0.4, -0.2) is 25.9 Å². The smallest absolute Gasteiger partial charge is 0.119 e. The maximum atomic E-state index is 8.79. The molecule has 15 heavy (non-hydrogen) atoms. The third-order valence-electron chi connectivity index (χ3n) is 2.32. The van der Waals surface area contributed by atoms with Gasteiger partial charge in [0.15, 0.2) is 0 Å². The Morgan fingerprint density at radius 1 is 1.20 bits per heavy atom. The summed E-state index contributed by atoms with van der Waals surface area (Å²) in [6, 6.07) is 5.95. The zero-order chi connectivity index (χ0) is 11.1. The minimum absolute atomic E-state index is 0.221. The van der Waals surface area contributed by atoms with Crippen molar-refractivity contribution in [3.05, 3.63) is 29.3 Å². The lowest BCUT2D eigenvalue weighted by atomic mass is 10.0. The topological polar surface area (TPSA) is 38.7 Å². The molecule has 1 aromatic carbocycles. The predicted molar refractivity (Wildman–Crippen MR) is 59.1 cm³/mol. The maximum Gasteiger partial charge on any atom is 0.119 e. The van der Waals surface area contributed by atoms with Crippen molar-refractivity contribution in [2.45, 2.75) is 19.4 Å². The molecule has 0 heterocycles. The minimum atomic E-state index is 0.221. The van der Waals surface area contributed by atoms with Crippen LogP contribution >= 0.6 is 0 Å². The molecule has 3 nitrogen and oxygen atoms in total. The highest BCUT2D eigenvalue weighted by molar-refractivity contribution is 5.35. The second-order valence-corrected chi connectivity index (χ2v) is 3.39. The summed E-state index contributed by atoms with van der Waals surface area (Å²) in [6.07, 6.45) is 1.65. The molecule has 1 N–H and O–H groups in total. The highest BCUT2D eigenvalue weighted by Gasteiger charge is 2.04. The summed E-state index contributed by atoms with van der Waals surface area (Å²) in [5.74, 6) is 0.842. The van der Waals surface area contributed by atoms with Gasteiger partial charge in [-0.1, -0.05) is 6.07 Å². The van der Waals surface area contributed by atoms with E-state index in [1.165, 1.54) is 5.56 Å². The zero-order valence-electron chi connectivity index (χ0n) is 9.32. The van der Waals surface area contributed by atoms with Crippen LogP contribution in [0.4, 0.5) is 0 Å². The van der Waals surface area contributed by atoms with Gasteiger partial charge in [0.2, 0.25) is 0 Å². The average molecular weight is 210 g/mol. The fourth-order valence-electron chi connectivity index (χ4n) is 1.53. The third-order valence-corrected chi connectivity index (χ3v) is 2.32. The summed E-state index contributed by atoms with van der Waals surface area (Å²) in [5, 5.41) is 8.79. The number of aliphatic hydroxyl groups is 1. The SMILES string of the molecule is COCc1cc(OC)ccc1CCCO. The monoisotopic (exact) mass is 210 g/mol. The Balaban J connectivity index is 2.82. The maximum absolute atomic E-state index is 8.79. The number of aryl methyl sites for hydroxylation is 1. The molecule has 0 aliphatic carbocycles. The van der Waals surface area contributed by atoms with Crippen molar-refractivity contribution >= 4 is 0 Å². The molecule has 0 fully saturated rings. The Morgan fingerprint density at radius 2 is 2.00 bits per heavy atom. The number of hydrogen-bond donors (Lipinski definition) is 1. The molecule has 0 aliphatic heterocycles. The first kappa shape index (κ1) is 12.0. The summed E-state index contributed by atoms with van der Waals surface area (Å²) in [5.41, 5.74) is 2.34. The van der Waals surface area contributed by atoms with E-state index in [1.807, 2.05) is 18.2 Å².